The molecule has 0 amide bonds. The van der Waals surface area contributed by atoms with Crippen molar-refractivity contribution in [2.75, 3.05) is 18.0 Å². The van der Waals surface area contributed by atoms with E-state index in [2.05, 4.69) is 48.6 Å². The van der Waals surface area contributed by atoms with Crippen molar-refractivity contribution in [2.45, 2.75) is 51.4 Å². The molecule has 214 valence electrons. The lowest BCUT2D eigenvalue weighted by Gasteiger charge is -2.48. The third kappa shape index (κ3) is 3.94. The number of hydrogen-bond donors (Lipinski definition) is 0. The van der Waals surface area contributed by atoms with E-state index < -0.39 is 11.3 Å². The van der Waals surface area contributed by atoms with Gasteiger partial charge in [-0.1, -0.05) is 52.0 Å². The van der Waals surface area contributed by atoms with Crippen molar-refractivity contribution < 1.29 is 8.83 Å². The molecule has 8 rings (SSSR count). The Hall–Kier alpha value is -4.78. The minimum Gasteiger partial charge on any atom is -0.422 e. The van der Waals surface area contributed by atoms with Crippen molar-refractivity contribution >= 4 is 38.4 Å². The summed E-state index contributed by atoms with van der Waals surface area (Å²) in [6.07, 6.45) is 5.10. The fourth-order valence-corrected chi connectivity index (χ4v) is 6.92. The lowest BCUT2D eigenvalue weighted by atomic mass is 9.69. The Labute approximate surface area is 247 Å². The predicted octanol–water partition coefficient (Wildman–Crippen LogP) is 7.35. The van der Waals surface area contributed by atoms with Crippen LogP contribution in [0.1, 0.15) is 51.7 Å². The molecule has 0 atom stereocenters. The van der Waals surface area contributed by atoms with E-state index in [1.165, 1.54) is 23.6 Å². The van der Waals surface area contributed by atoms with Crippen LogP contribution in [0.3, 0.4) is 0 Å². The van der Waals surface area contributed by atoms with E-state index in [1.807, 2.05) is 42.5 Å². The van der Waals surface area contributed by atoms with Crippen molar-refractivity contribution in [1.29, 1.82) is 0 Å². The van der Waals surface area contributed by atoms with Gasteiger partial charge >= 0.3 is 11.3 Å². The molecule has 0 aliphatic carbocycles. The van der Waals surface area contributed by atoms with Gasteiger partial charge < -0.3 is 13.7 Å². The van der Waals surface area contributed by atoms with Crippen LogP contribution < -0.4 is 16.2 Å². The van der Waals surface area contributed by atoms with E-state index in [0.29, 0.717) is 33.7 Å². The van der Waals surface area contributed by atoms with Crippen LogP contribution in [0.15, 0.2) is 85.4 Å². The molecule has 3 aromatic carbocycles. The maximum Gasteiger partial charge on any atom is 0.345 e. The molecular weight excluding hydrogens is 538 g/mol. The number of hydrogen-bond acceptors (Lipinski definition) is 7. The zero-order chi connectivity index (χ0) is 29.7. The molecule has 43 heavy (non-hydrogen) atoms. The van der Waals surface area contributed by atoms with Gasteiger partial charge in [-0.15, -0.1) is 0 Å². The molecule has 7 nitrogen and oxygen atoms in total. The summed E-state index contributed by atoms with van der Waals surface area (Å²) in [5, 5.41) is 3.74. The molecule has 0 bridgehead atoms. The first-order valence-electron chi connectivity index (χ1n) is 14.8. The quantitative estimate of drug-likeness (QED) is 0.159. The number of aromatic nitrogens is 2. The fourth-order valence-electron chi connectivity index (χ4n) is 6.92. The number of rotatable bonds is 2. The normalized spacial score (nSPS) is 17.0. The van der Waals surface area contributed by atoms with Gasteiger partial charge in [0.2, 0.25) is 0 Å². The van der Waals surface area contributed by atoms with Gasteiger partial charge in [-0.3, -0.25) is 9.97 Å². The van der Waals surface area contributed by atoms with Gasteiger partial charge in [-0.05, 0) is 70.3 Å². The lowest BCUT2D eigenvalue weighted by Crippen LogP contribution is -2.44. The van der Waals surface area contributed by atoms with E-state index in [-0.39, 0.29) is 10.8 Å². The van der Waals surface area contributed by atoms with Crippen LogP contribution in [-0.4, -0.2) is 23.1 Å². The number of anilines is 1. The molecule has 0 N–H and O–H groups in total. The third-order valence-electron chi connectivity index (χ3n) is 9.54. The van der Waals surface area contributed by atoms with Crippen molar-refractivity contribution in [3.05, 3.63) is 99.0 Å². The second-order valence-corrected chi connectivity index (χ2v) is 13.2. The molecule has 2 aliphatic heterocycles. The van der Waals surface area contributed by atoms with Crippen molar-refractivity contribution in [1.82, 2.24) is 9.97 Å². The summed E-state index contributed by atoms with van der Waals surface area (Å²) in [5.41, 5.74) is 5.19. The third-order valence-corrected chi connectivity index (χ3v) is 9.54. The first kappa shape index (κ1) is 25.9. The van der Waals surface area contributed by atoms with E-state index in [0.717, 1.165) is 53.0 Å². The largest absolute Gasteiger partial charge is 0.422 e. The molecule has 2 aliphatic rings. The zero-order valence-corrected chi connectivity index (χ0v) is 24.7. The maximum absolute atomic E-state index is 13.5. The topological polar surface area (TPSA) is 89.4 Å². The van der Waals surface area contributed by atoms with E-state index >= 15 is 0 Å². The summed E-state index contributed by atoms with van der Waals surface area (Å²) in [6, 6.07) is 17.7. The van der Waals surface area contributed by atoms with Crippen LogP contribution in [0.2, 0.25) is 0 Å². The van der Waals surface area contributed by atoms with Crippen LogP contribution in [-0.2, 0) is 10.8 Å². The van der Waals surface area contributed by atoms with Gasteiger partial charge in [-0.25, -0.2) is 9.59 Å². The number of nitrogens with zero attached hydrogens (tertiary/aromatic N) is 3. The Bertz CT molecular complexity index is 2240. The highest BCUT2D eigenvalue weighted by atomic mass is 16.4. The Morgan fingerprint density at radius 2 is 1.30 bits per heavy atom. The Balaban J connectivity index is 1.24. The number of fused-ring (bicyclic) bond motifs is 4. The molecule has 0 unspecified atom stereocenters. The number of benzene rings is 3. The maximum atomic E-state index is 13.5. The minimum absolute atomic E-state index is 0.00712. The molecule has 0 saturated heterocycles. The zero-order valence-electron chi connectivity index (χ0n) is 24.7. The van der Waals surface area contributed by atoms with E-state index in [4.69, 9.17) is 8.83 Å². The molecule has 0 fully saturated rings. The summed E-state index contributed by atoms with van der Waals surface area (Å²) in [7, 11) is 0. The van der Waals surface area contributed by atoms with Gasteiger partial charge in [0.05, 0.1) is 34.9 Å². The molecule has 0 radical (unpaired) electrons. The molecule has 7 heteroatoms. The van der Waals surface area contributed by atoms with Crippen LogP contribution in [0.5, 0.6) is 0 Å². The van der Waals surface area contributed by atoms with Crippen molar-refractivity contribution in [3.63, 3.8) is 0 Å². The smallest absolute Gasteiger partial charge is 0.345 e. The van der Waals surface area contributed by atoms with Gasteiger partial charge in [0, 0.05) is 35.1 Å². The van der Waals surface area contributed by atoms with Crippen LogP contribution in [0.25, 0.3) is 55.2 Å². The Morgan fingerprint density at radius 3 is 1.98 bits per heavy atom. The summed E-state index contributed by atoms with van der Waals surface area (Å²) in [5.74, 6) is 0. The molecule has 0 spiro atoms. The Kier molecular flexibility index (Phi) is 5.34. The average molecular weight is 570 g/mol. The van der Waals surface area contributed by atoms with Gasteiger partial charge in [0.1, 0.15) is 11.2 Å². The second kappa shape index (κ2) is 8.86. The van der Waals surface area contributed by atoms with Gasteiger partial charge in [-0.2, -0.15) is 0 Å². The first-order chi connectivity index (χ1) is 20.6. The molecular formula is C36H31N3O4. The molecule has 6 aromatic rings. The standard InChI is InChI=1S/C36H31N3O4/c1-35(2)9-11-39-12-10-36(3,4)30-31(39)26(35)16-23-15-25(34(41)43-32(23)30)28-19-37-27(18-38-28)24-14-22-13-20-7-5-6-8-21(20)17-29(22)42-33(24)40/h5-8,13-19H,9-12H2,1-4H3. The summed E-state index contributed by atoms with van der Waals surface area (Å²) in [6.45, 7) is 11.1. The molecule has 5 heterocycles. The SMILES string of the molecule is CC1(C)CCN2CCC(C)(C)c3c2c1cc1cc(-c2cnc(-c4cc5cc6ccccc6cc5oc4=O)cn2)c(=O)oc31. The van der Waals surface area contributed by atoms with E-state index in [1.54, 1.807) is 6.07 Å². The van der Waals surface area contributed by atoms with Crippen molar-refractivity contribution in [3.8, 4) is 22.5 Å². The van der Waals surface area contributed by atoms with Crippen LogP contribution in [0, 0.1) is 0 Å². The lowest BCUT2D eigenvalue weighted by molar-refractivity contribution is 0.398. The van der Waals surface area contributed by atoms with Crippen LogP contribution in [0.4, 0.5) is 5.69 Å². The van der Waals surface area contributed by atoms with Gasteiger partial charge in [0.15, 0.2) is 0 Å². The summed E-state index contributed by atoms with van der Waals surface area (Å²) < 4.78 is 11.8. The minimum atomic E-state index is -0.493. The highest BCUT2D eigenvalue weighted by Crippen LogP contribution is 2.51. The second-order valence-electron chi connectivity index (χ2n) is 13.2. The molecule has 3 aromatic heterocycles. The van der Waals surface area contributed by atoms with Gasteiger partial charge in [0.25, 0.3) is 0 Å². The monoisotopic (exact) mass is 569 g/mol. The predicted molar refractivity (Wildman–Crippen MR) is 170 cm³/mol. The highest BCUT2D eigenvalue weighted by Gasteiger charge is 2.42. The average Bonchev–Trinajstić information content (AvgIpc) is 2.98. The summed E-state index contributed by atoms with van der Waals surface area (Å²) in [4.78, 5) is 38.0. The summed E-state index contributed by atoms with van der Waals surface area (Å²) >= 11 is 0. The van der Waals surface area contributed by atoms with Crippen molar-refractivity contribution in [2.24, 2.45) is 0 Å². The Morgan fingerprint density at radius 1 is 0.698 bits per heavy atom. The first-order valence-corrected chi connectivity index (χ1v) is 14.8. The van der Waals surface area contributed by atoms with E-state index in [9.17, 15) is 9.59 Å². The fraction of sp³-hybridized carbons (Fsp3) is 0.278. The molecule has 0 saturated carbocycles. The van der Waals surface area contributed by atoms with Crippen LogP contribution >= 0.6 is 0 Å². The highest BCUT2D eigenvalue weighted by molar-refractivity contribution is 5.97.